The molecule has 2 heteroatoms. The quantitative estimate of drug-likeness (QED) is 0.739. The second-order valence-electron chi connectivity index (χ2n) is 5.69. The third kappa shape index (κ3) is 3.83. The molecular weight excluding hydrogens is 208 g/mol. The first-order chi connectivity index (χ1) is 8.09. The number of hydrogen-bond donors (Lipinski definition) is 2. The molecule has 0 aliphatic heterocycles. The van der Waals surface area contributed by atoms with Crippen LogP contribution in [0.3, 0.4) is 0 Å². The number of hydrogen-bond acceptors (Lipinski definition) is 2. The molecule has 0 spiro atoms. The molecule has 0 saturated heterocycles. The molecule has 2 nitrogen and oxygen atoms in total. The van der Waals surface area contributed by atoms with E-state index in [9.17, 15) is 0 Å². The predicted octanol–water partition coefficient (Wildman–Crippen LogP) is 2.43. The molecule has 1 aromatic carbocycles. The second-order valence-corrected chi connectivity index (χ2v) is 5.69. The van der Waals surface area contributed by atoms with Crippen molar-refractivity contribution in [3.05, 3.63) is 35.4 Å². The van der Waals surface area contributed by atoms with Gasteiger partial charge in [-0.1, -0.05) is 38.1 Å². The zero-order valence-electron chi connectivity index (χ0n) is 11.0. The Hall–Kier alpha value is -0.860. The molecule has 17 heavy (non-hydrogen) atoms. The first kappa shape index (κ1) is 12.6. The molecule has 0 atom stereocenters. The maximum absolute atomic E-state index is 6.02. The average Bonchev–Trinajstić information content (AvgIpc) is 3.04. The van der Waals surface area contributed by atoms with Gasteiger partial charge in [-0.3, -0.25) is 0 Å². The van der Waals surface area contributed by atoms with Crippen LogP contribution in [0.25, 0.3) is 0 Å². The van der Waals surface area contributed by atoms with E-state index in [1.54, 1.807) is 0 Å². The van der Waals surface area contributed by atoms with Crippen molar-refractivity contribution in [2.45, 2.75) is 44.6 Å². The minimum atomic E-state index is 0.126. The summed E-state index contributed by atoms with van der Waals surface area (Å²) in [5, 5.41) is 3.45. The minimum absolute atomic E-state index is 0.126. The average molecular weight is 232 g/mol. The van der Waals surface area contributed by atoms with E-state index < -0.39 is 0 Å². The molecule has 1 fully saturated rings. The standard InChI is InChI=1S/C15H24N2/c1-12(2)14-5-3-13(4-6-14)7-10-17-11-15(16)8-9-15/h3-6,12,17H,7-11,16H2,1-2H3. The lowest BCUT2D eigenvalue weighted by Gasteiger charge is -2.10. The minimum Gasteiger partial charge on any atom is -0.324 e. The highest BCUT2D eigenvalue weighted by Gasteiger charge is 2.37. The Morgan fingerprint density at radius 2 is 1.88 bits per heavy atom. The Morgan fingerprint density at radius 3 is 2.41 bits per heavy atom. The monoisotopic (exact) mass is 232 g/mol. The van der Waals surface area contributed by atoms with Crippen LogP contribution in [0.15, 0.2) is 24.3 Å². The van der Waals surface area contributed by atoms with E-state index in [0.29, 0.717) is 5.92 Å². The Morgan fingerprint density at radius 1 is 1.24 bits per heavy atom. The lowest BCUT2D eigenvalue weighted by molar-refractivity contribution is 0.570. The van der Waals surface area contributed by atoms with Gasteiger partial charge >= 0.3 is 0 Å². The molecular formula is C15H24N2. The number of nitrogens with one attached hydrogen (secondary N) is 1. The highest BCUT2D eigenvalue weighted by molar-refractivity contribution is 5.24. The third-order valence-corrected chi connectivity index (χ3v) is 3.61. The molecule has 1 aliphatic rings. The zero-order chi connectivity index (χ0) is 12.3. The van der Waals surface area contributed by atoms with Gasteiger partial charge < -0.3 is 11.1 Å². The van der Waals surface area contributed by atoms with Gasteiger partial charge in [0, 0.05) is 12.1 Å². The van der Waals surface area contributed by atoms with Gasteiger partial charge in [0.1, 0.15) is 0 Å². The van der Waals surface area contributed by atoms with Crippen molar-refractivity contribution in [3.63, 3.8) is 0 Å². The molecule has 2 rings (SSSR count). The van der Waals surface area contributed by atoms with Gasteiger partial charge in [-0.25, -0.2) is 0 Å². The maximum atomic E-state index is 6.02. The Kier molecular flexibility index (Phi) is 3.85. The van der Waals surface area contributed by atoms with Gasteiger partial charge in [0.05, 0.1) is 0 Å². The van der Waals surface area contributed by atoms with E-state index in [4.69, 9.17) is 5.73 Å². The molecule has 94 valence electrons. The molecule has 0 aromatic heterocycles. The van der Waals surface area contributed by atoms with Gasteiger partial charge in [-0.2, -0.15) is 0 Å². The maximum Gasteiger partial charge on any atom is 0.0282 e. The van der Waals surface area contributed by atoms with Crippen LogP contribution in [0.1, 0.15) is 43.7 Å². The van der Waals surface area contributed by atoms with Crippen molar-refractivity contribution >= 4 is 0 Å². The molecule has 0 amide bonds. The smallest absolute Gasteiger partial charge is 0.0282 e. The van der Waals surface area contributed by atoms with E-state index in [1.807, 2.05) is 0 Å². The molecule has 0 heterocycles. The molecule has 0 unspecified atom stereocenters. The molecule has 0 radical (unpaired) electrons. The van der Waals surface area contributed by atoms with E-state index in [1.165, 1.54) is 24.0 Å². The van der Waals surface area contributed by atoms with E-state index in [2.05, 4.69) is 43.4 Å². The van der Waals surface area contributed by atoms with E-state index in [-0.39, 0.29) is 5.54 Å². The Balaban J connectivity index is 1.71. The Labute approximate surface area is 105 Å². The summed E-state index contributed by atoms with van der Waals surface area (Å²) in [6.07, 6.45) is 3.46. The lowest BCUT2D eigenvalue weighted by atomic mass is 10.0. The highest BCUT2D eigenvalue weighted by atomic mass is 15.0. The SMILES string of the molecule is CC(C)c1ccc(CCNCC2(N)CC2)cc1. The topological polar surface area (TPSA) is 38.0 Å². The summed E-state index contributed by atoms with van der Waals surface area (Å²) in [5.74, 6) is 0.620. The highest BCUT2D eigenvalue weighted by Crippen LogP contribution is 2.30. The van der Waals surface area contributed by atoms with Crippen LogP contribution in [0.2, 0.25) is 0 Å². The lowest BCUT2D eigenvalue weighted by Crippen LogP contribution is -2.36. The molecule has 0 bridgehead atoms. The zero-order valence-corrected chi connectivity index (χ0v) is 11.0. The van der Waals surface area contributed by atoms with Crippen molar-refractivity contribution in [2.75, 3.05) is 13.1 Å². The van der Waals surface area contributed by atoms with Crippen molar-refractivity contribution in [1.29, 1.82) is 0 Å². The summed E-state index contributed by atoms with van der Waals surface area (Å²) in [5.41, 5.74) is 8.97. The summed E-state index contributed by atoms with van der Waals surface area (Å²) in [4.78, 5) is 0. The van der Waals surface area contributed by atoms with Crippen molar-refractivity contribution in [2.24, 2.45) is 5.73 Å². The molecule has 1 aliphatic carbocycles. The van der Waals surface area contributed by atoms with Crippen LogP contribution in [-0.2, 0) is 6.42 Å². The summed E-state index contributed by atoms with van der Waals surface area (Å²) in [7, 11) is 0. The fraction of sp³-hybridized carbons (Fsp3) is 0.600. The first-order valence-electron chi connectivity index (χ1n) is 6.67. The van der Waals surface area contributed by atoms with E-state index >= 15 is 0 Å². The van der Waals surface area contributed by atoms with Crippen LogP contribution in [-0.4, -0.2) is 18.6 Å². The van der Waals surface area contributed by atoms with Gasteiger partial charge in [-0.05, 0) is 42.9 Å². The first-order valence-corrected chi connectivity index (χ1v) is 6.67. The summed E-state index contributed by atoms with van der Waals surface area (Å²) in [6.45, 7) is 6.46. The van der Waals surface area contributed by atoms with Crippen LogP contribution in [0.4, 0.5) is 0 Å². The number of benzene rings is 1. The van der Waals surface area contributed by atoms with Crippen molar-refractivity contribution in [3.8, 4) is 0 Å². The van der Waals surface area contributed by atoms with E-state index in [0.717, 1.165) is 19.5 Å². The predicted molar refractivity (Wildman–Crippen MR) is 73.3 cm³/mol. The van der Waals surface area contributed by atoms with Crippen LogP contribution in [0.5, 0.6) is 0 Å². The van der Waals surface area contributed by atoms with Gasteiger partial charge in [0.2, 0.25) is 0 Å². The normalized spacial score (nSPS) is 17.4. The molecule has 3 N–H and O–H groups in total. The number of nitrogens with two attached hydrogens (primary N) is 1. The van der Waals surface area contributed by atoms with Crippen LogP contribution < -0.4 is 11.1 Å². The summed E-state index contributed by atoms with van der Waals surface area (Å²) in [6, 6.07) is 8.97. The second kappa shape index (κ2) is 5.19. The summed E-state index contributed by atoms with van der Waals surface area (Å²) < 4.78 is 0. The van der Waals surface area contributed by atoms with Crippen molar-refractivity contribution in [1.82, 2.24) is 5.32 Å². The van der Waals surface area contributed by atoms with Crippen LogP contribution in [0, 0.1) is 0 Å². The van der Waals surface area contributed by atoms with Crippen LogP contribution >= 0.6 is 0 Å². The molecule has 1 saturated carbocycles. The van der Waals surface area contributed by atoms with Gasteiger partial charge in [0.25, 0.3) is 0 Å². The van der Waals surface area contributed by atoms with Gasteiger partial charge in [0.15, 0.2) is 0 Å². The largest absolute Gasteiger partial charge is 0.324 e. The van der Waals surface area contributed by atoms with Gasteiger partial charge in [-0.15, -0.1) is 0 Å². The fourth-order valence-electron chi connectivity index (χ4n) is 1.98. The molecule has 1 aromatic rings. The van der Waals surface area contributed by atoms with Crippen molar-refractivity contribution < 1.29 is 0 Å². The number of rotatable bonds is 6. The summed E-state index contributed by atoms with van der Waals surface area (Å²) >= 11 is 0. The fourth-order valence-corrected chi connectivity index (χ4v) is 1.98. The Bertz CT molecular complexity index is 350. The third-order valence-electron chi connectivity index (χ3n) is 3.61.